The zero-order valence-electron chi connectivity index (χ0n) is 15.0. The van der Waals surface area contributed by atoms with E-state index in [0.29, 0.717) is 13.1 Å². The number of hydrogen-bond donors (Lipinski definition) is 0. The lowest BCUT2D eigenvalue weighted by Crippen LogP contribution is -2.35. The summed E-state index contributed by atoms with van der Waals surface area (Å²) in [6.45, 7) is -0.837. The minimum atomic E-state index is -4.51. The fourth-order valence-electron chi connectivity index (χ4n) is 3.19. The third-order valence-corrected chi connectivity index (χ3v) is 4.65. The third-order valence-electron chi connectivity index (χ3n) is 4.65. The Kier molecular flexibility index (Phi) is 5.97. The van der Waals surface area contributed by atoms with Crippen molar-refractivity contribution in [2.45, 2.75) is 31.8 Å². The van der Waals surface area contributed by atoms with Crippen molar-refractivity contribution in [3.63, 3.8) is 0 Å². The van der Waals surface area contributed by atoms with Crippen LogP contribution in [-0.2, 0) is 12.7 Å². The molecule has 2 aromatic rings. The standard InChI is InChI=1S/C18H19F5N4O/c1-26(16-8-15(18(21,22)23)24-11-25-16)13-6-7-27(10-13)9-12-2-4-14(5-3-12)28-17(19)20/h2-5,8,11,13,17H,6-7,9-10H2,1H3. The Labute approximate surface area is 158 Å². The number of halogens is 5. The van der Waals surface area contributed by atoms with E-state index in [1.54, 1.807) is 24.1 Å². The number of anilines is 1. The van der Waals surface area contributed by atoms with Gasteiger partial charge in [-0.25, -0.2) is 9.97 Å². The van der Waals surface area contributed by atoms with Gasteiger partial charge in [-0.1, -0.05) is 12.1 Å². The summed E-state index contributed by atoms with van der Waals surface area (Å²) in [6.07, 6.45) is -2.82. The van der Waals surface area contributed by atoms with E-state index >= 15 is 0 Å². The molecular formula is C18H19F5N4O. The second kappa shape index (κ2) is 8.26. The van der Waals surface area contributed by atoms with Crippen LogP contribution in [0.25, 0.3) is 0 Å². The van der Waals surface area contributed by atoms with Crippen molar-refractivity contribution in [3.05, 3.63) is 47.9 Å². The smallest absolute Gasteiger partial charge is 0.433 e. The summed E-state index contributed by atoms with van der Waals surface area (Å²) in [5.74, 6) is 0.324. The average Bonchev–Trinajstić information content (AvgIpc) is 3.10. The van der Waals surface area contributed by atoms with E-state index in [-0.39, 0.29) is 17.6 Å². The number of benzene rings is 1. The van der Waals surface area contributed by atoms with Crippen molar-refractivity contribution in [1.82, 2.24) is 14.9 Å². The Morgan fingerprint density at radius 1 is 1.21 bits per heavy atom. The van der Waals surface area contributed by atoms with Gasteiger partial charge in [0.1, 0.15) is 23.6 Å². The topological polar surface area (TPSA) is 41.5 Å². The molecule has 1 aromatic carbocycles. The molecular weight excluding hydrogens is 383 g/mol. The highest BCUT2D eigenvalue weighted by Gasteiger charge is 2.34. The van der Waals surface area contributed by atoms with Gasteiger partial charge < -0.3 is 9.64 Å². The first kappa shape index (κ1) is 20.2. The van der Waals surface area contributed by atoms with Crippen molar-refractivity contribution in [1.29, 1.82) is 0 Å². The molecule has 10 heteroatoms. The van der Waals surface area contributed by atoms with Crippen LogP contribution in [0, 0.1) is 0 Å². The summed E-state index contributed by atoms with van der Waals surface area (Å²) < 4.78 is 67.2. The molecule has 3 rings (SSSR count). The zero-order chi connectivity index (χ0) is 20.3. The van der Waals surface area contributed by atoms with E-state index in [4.69, 9.17) is 0 Å². The minimum Gasteiger partial charge on any atom is -0.435 e. The number of aromatic nitrogens is 2. The molecule has 0 bridgehead atoms. The molecule has 152 valence electrons. The van der Waals surface area contributed by atoms with Gasteiger partial charge >= 0.3 is 12.8 Å². The van der Waals surface area contributed by atoms with E-state index in [1.165, 1.54) is 12.1 Å². The van der Waals surface area contributed by atoms with Crippen LogP contribution in [0.4, 0.5) is 27.8 Å². The van der Waals surface area contributed by atoms with Crippen LogP contribution in [-0.4, -0.2) is 47.7 Å². The van der Waals surface area contributed by atoms with E-state index in [1.807, 2.05) is 0 Å². The highest BCUT2D eigenvalue weighted by molar-refractivity contribution is 5.40. The number of alkyl halides is 5. The maximum Gasteiger partial charge on any atom is 0.433 e. The predicted octanol–water partition coefficient (Wildman–Crippen LogP) is 3.81. The lowest BCUT2D eigenvalue weighted by atomic mass is 10.2. The fraction of sp³-hybridized carbons (Fsp3) is 0.444. The Morgan fingerprint density at radius 2 is 1.93 bits per heavy atom. The Bertz CT molecular complexity index is 784. The first-order valence-electron chi connectivity index (χ1n) is 8.60. The zero-order valence-corrected chi connectivity index (χ0v) is 15.0. The van der Waals surface area contributed by atoms with Crippen LogP contribution in [0.2, 0.25) is 0 Å². The molecule has 0 N–H and O–H groups in total. The molecule has 0 saturated carbocycles. The lowest BCUT2D eigenvalue weighted by Gasteiger charge is -2.26. The number of rotatable bonds is 6. The average molecular weight is 402 g/mol. The van der Waals surface area contributed by atoms with E-state index in [9.17, 15) is 22.0 Å². The van der Waals surface area contributed by atoms with Crippen LogP contribution in [0.1, 0.15) is 17.7 Å². The monoisotopic (exact) mass is 402 g/mol. The third kappa shape index (κ3) is 5.06. The number of ether oxygens (including phenoxy) is 1. The van der Waals surface area contributed by atoms with Crippen LogP contribution in [0.3, 0.4) is 0 Å². The van der Waals surface area contributed by atoms with E-state index < -0.39 is 18.5 Å². The molecule has 0 radical (unpaired) electrons. The van der Waals surface area contributed by atoms with Crippen LogP contribution in [0.15, 0.2) is 36.7 Å². The molecule has 0 amide bonds. The fourth-order valence-corrected chi connectivity index (χ4v) is 3.19. The molecule has 1 fully saturated rings. The molecule has 1 aliphatic rings. The maximum absolute atomic E-state index is 12.8. The lowest BCUT2D eigenvalue weighted by molar-refractivity contribution is -0.141. The van der Waals surface area contributed by atoms with E-state index in [2.05, 4.69) is 19.6 Å². The molecule has 1 atom stereocenters. The molecule has 28 heavy (non-hydrogen) atoms. The van der Waals surface area contributed by atoms with Crippen LogP contribution < -0.4 is 9.64 Å². The van der Waals surface area contributed by atoms with Gasteiger partial charge in [0.2, 0.25) is 0 Å². The summed E-state index contributed by atoms with van der Waals surface area (Å²) in [5, 5.41) is 0. The summed E-state index contributed by atoms with van der Waals surface area (Å²) in [7, 11) is 1.72. The molecule has 1 unspecified atom stereocenters. The van der Waals surface area contributed by atoms with Gasteiger partial charge in [-0.15, -0.1) is 0 Å². The molecule has 5 nitrogen and oxygen atoms in total. The largest absolute Gasteiger partial charge is 0.435 e. The first-order valence-corrected chi connectivity index (χ1v) is 8.60. The normalized spacial score (nSPS) is 17.9. The molecule has 2 heterocycles. The second-order valence-electron chi connectivity index (χ2n) is 6.57. The summed E-state index contributed by atoms with van der Waals surface area (Å²) in [6, 6.07) is 7.37. The van der Waals surface area contributed by atoms with Gasteiger partial charge in [-0.05, 0) is 24.1 Å². The maximum atomic E-state index is 12.8. The Balaban J connectivity index is 1.59. The Hall–Kier alpha value is -2.49. The second-order valence-corrected chi connectivity index (χ2v) is 6.57. The van der Waals surface area contributed by atoms with Crippen LogP contribution in [0.5, 0.6) is 5.75 Å². The number of hydrogen-bond acceptors (Lipinski definition) is 5. The molecule has 0 aliphatic carbocycles. The first-order chi connectivity index (χ1) is 13.2. The summed E-state index contributed by atoms with van der Waals surface area (Å²) in [5.41, 5.74) is -0.0309. The van der Waals surface area contributed by atoms with Gasteiger partial charge in [-0.3, -0.25) is 4.90 Å². The van der Waals surface area contributed by atoms with Gasteiger partial charge in [0, 0.05) is 38.8 Å². The number of likely N-dealkylation sites (tertiary alicyclic amines) is 1. The molecule has 0 spiro atoms. The molecule has 1 aliphatic heterocycles. The molecule has 1 aromatic heterocycles. The Morgan fingerprint density at radius 3 is 2.57 bits per heavy atom. The van der Waals surface area contributed by atoms with Crippen molar-refractivity contribution >= 4 is 5.82 Å². The van der Waals surface area contributed by atoms with Gasteiger partial charge in [0.25, 0.3) is 0 Å². The highest BCUT2D eigenvalue weighted by atomic mass is 19.4. The van der Waals surface area contributed by atoms with E-state index in [0.717, 1.165) is 30.9 Å². The summed E-state index contributed by atoms with van der Waals surface area (Å²) in [4.78, 5) is 11.1. The predicted molar refractivity (Wildman–Crippen MR) is 92.2 cm³/mol. The number of nitrogens with zero attached hydrogens (tertiary/aromatic N) is 4. The minimum absolute atomic E-state index is 0.0115. The van der Waals surface area contributed by atoms with Gasteiger partial charge in [0.05, 0.1) is 0 Å². The van der Waals surface area contributed by atoms with Crippen molar-refractivity contribution < 1.29 is 26.7 Å². The van der Waals surface area contributed by atoms with Crippen LogP contribution >= 0.6 is 0 Å². The molecule has 1 saturated heterocycles. The SMILES string of the molecule is CN(c1cc(C(F)(F)F)ncn1)C1CCN(Cc2ccc(OC(F)F)cc2)C1. The van der Waals surface area contributed by atoms with Crippen molar-refractivity contribution in [3.8, 4) is 5.75 Å². The van der Waals surface area contributed by atoms with Gasteiger partial charge in [-0.2, -0.15) is 22.0 Å². The van der Waals surface area contributed by atoms with Crippen molar-refractivity contribution in [2.24, 2.45) is 0 Å². The summed E-state index contributed by atoms with van der Waals surface area (Å²) >= 11 is 0. The number of likely N-dealkylation sites (N-methyl/N-ethyl adjacent to an activating group) is 1. The van der Waals surface area contributed by atoms with Gasteiger partial charge in [0.15, 0.2) is 0 Å². The highest BCUT2D eigenvalue weighted by Crippen LogP contribution is 2.30. The van der Waals surface area contributed by atoms with Crippen molar-refractivity contribution in [2.75, 3.05) is 25.0 Å². The quantitative estimate of drug-likeness (QED) is 0.688.